The van der Waals surface area contributed by atoms with Crippen molar-refractivity contribution in [2.45, 2.75) is 32.7 Å². The molecule has 6 nitrogen and oxygen atoms in total. The highest BCUT2D eigenvalue weighted by Crippen LogP contribution is 2.24. The van der Waals surface area contributed by atoms with Gasteiger partial charge >= 0.3 is 6.03 Å². The predicted molar refractivity (Wildman–Crippen MR) is 85.4 cm³/mol. The first-order valence-electron chi connectivity index (χ1n) is 6.72. The molecule has 1 aromatic carbocycles. The molecule has 0 bridgehead atoms. The van der Waals surface area contributed by atoms with E-state index in [1.807, 2.05) is 31.2 Å². The van der Waals surface area contributed by atoms with E-state index in [-0.39, 0.29) is 12.1 Å². The number of nitrogens with one attached hydrogen (secondary N) is 2. The van der Waals surface area contributed by atoms with Crippen LogP contribution in [-0.4, -0.2) is 16.2 Å². The summed E-state index contributed by atoms with van der Waals surface area (Å²) in [5.41, 5.74) is 7.45. The Hall–Kier alpha value is -2.15. The highest BCUT2D eigenvalue weighted by molar-refractivity contribution is 7.15. The van der Waals surface area contributed by atoms with Gasteiger partial charge in [0.15, 0.2) is 0 Å². The molecule has 2 rings (SSSR count). The van der Waals surface area contributed by atoms with Gasteiger partial charge in [-0.15, -0.1) is 10.2 Å². The van der Waals surface area contributed by atoms with Gasteiger partial charge in [-0.1, -0.05) is 43.4 Å². The average molecular weight is 305 g/mol. The van der Waals surface area contributed by atoms with Gasteiger partial charge in [-0.3, -0.25) is 0 Å². The number of benzene rings is 1. The third-order valence-electron chi connectivity index (χ3n) is 3.01. The molecular weight excluding hydrogens is 286 g/mol. The zero-order valence-corrected chi connectivity index (χ0v) is 13.1. The van der Waals surface area contributed by atoms with Crippen molar-refractivity contribution >= 4 is 28.2 Å². The van der Waals surface area contributed by atoms with Crippen molar-refractivity contribution in [2.75, 3.05) is 11.1 Å². The summed E-state index contributed by atoms with van der Waals surface area (Å²) in [5, 5.41) is 14.4. The van der Waals surface area contributed by atoms with E-state index in [0.29, 0.717) is 16.1 Å². The summed E-state index contributed by atoms with van der Waals surface area (Å²) < 4.78 is 0. The number of amides is 2. The van der Waals surface area contributed by atoms with Crippen LogP contribution in [-0.2, 0) is 0 Å². The number of carbonyl (C=O) groups is 1. The first-order valence-corrected chi connectivity index (χ1v) is 7.54. The molecule has 1 aromatic heterocycles. The SMILES string of the molecule is CC(C)c1ccccc1NC(=O)N[C@H](C)c1nnc(N)s1. The molecule has 0 saturated carbocycles. The Bertz CT molecular complexity index is 625. The number of hydrogen-bond acceptors (Lipinski definition) is 5. The van der Waals surface area contributed by atoms with Crippen LogP contribution < -0.4 is 16.4 Å². The fourth-order valence-corrected chi connectivity index (χ4v) is 2.57. The van der Waals surface area contributed by atoms with Gasteiger partial charge in [-0.25, -0.2) is 4.79 Å². The number of carbonyl (C=O) groups excluding carboxylic acids is 1. The summed E-state index contributed by atoms with van der Waals surface area (Å²) in [6, 6.07) is 7.24. The maximum Gasteiger partial charge on any atom is 0.319 e. The maximum atomic E-state index is 12.1. The van der Waals surface area contributed by atoms with Crippen molar-refractivity contribution in [1.29, 1.82) is 0 Å². The highest BCUT2D eigenvalue weighted by atomic mass is 32.1. The smallest absolute Gasteiger partial charge is 0.319 e. The number of anilines is 2. The van der Waals surface area contributed by atoms with Crippen LogP contribution in [0.1, 0.15) is 43.3 Å². The van der Waals surface area contributed by atoms with E-state index in [4.69, 9.17) is 5.73 Å². The Labute approximate surface area is 127 Å². The molecule has 0 saturated heterocycles. The summed E-state index contributed by atoms with van der Waals surface area (Å²) in [6.07, 6.45) is 0. The molecule has 2 aromatic rings. The lowest BCUT2D eigenvalue weighted by molar-refractivity contribution is 0.249. The number of nitrogen functional groups attached to an aromatic ring is 1. The van der Waals surface area contributed by atoms with Crippen molar-refractivity contribution in [3.05, 3.63) is 34.8 Å². The van der Waals surface area contributed by atoms with Crippen molar-refractivity contribution in [3.63, 3.8) is 0 Å². The quantitative estimate of drug-likeness (QED) is 0.809. The van der Waals surface area contributed by atoms with Crippen LogP contribution in [0, 0.1) is 0 Å². The van der Waals surface area contributed by atoms with E-state index in [1.165, 1.54) is 11.3 Å². The number of hydrogen-bond donors (Lipinski definition) is 3. The van der Waals surface area contributed by atoms with E-state index in [1.54, 1.807) is 0 Å². The molecular formula is C14H19N5OS. The van der Waals surface area contributed by atoms with Crippen LogP contribution in [0.5, 0.6) is 0 Å². The number of urea groups is 1. The van der Waals surface area contributed by atoms with Crippen molar-refractivity contribution in [1.82, 2.24) is 15.5 Å². The largest absolute Gasteiger partial charge is 0.374 e. The van der Waals surface area contributed by atoms with E-state index >= 15 is 0 Å². The van der Waals surface area contributed by atoms with Crippen molar-refractivity contribution in [3.8, 4) is 0 Å². The molecule has 0 unspecified atom stereocenters. The number of nitrogens with two attached hydrogens (primary N) is 1. The van der Waals surface area contributed by atoms with Crippen LogP contribution in [0.2, 0.25) is 0 Å². The lowest BCUT2D eigenvalue weighted by atomic mass is 10.0. The zero-order valence-electron chi connectivity index (χ0n) is 12.3. The minimum atomic E-state index is -0.274. The number of rotatable bonds is 4. The molecule has 21 heavy (non-hydrogen) atoms. The molecule has 0 aliphatic heterocycles. The van der Waals surface area contributed by atoms with Crippen LogP contribution in [0.15, 0.2) is 24.3 Å². The van der Waals surface area contributed by atoms with Gasteiger partial charge in [0.2, 0.25) is 5.13 Å². The Balaban J connectivity index is 2.02. The van der Waals surface area contributed by atoms with Crippen LogP contribution in [0.4, 0.5) is 15.6 Å². The second-order valence-corrected chi connectivity index (χ2v) is 6.08. The normalized spacial score (nSPS) is 12.2. The van der Waals surface area contributed by atoms with E-state index in [0.717, 1.165) is 11.3 Å². The molecule has 112 valence electrons. The van der Waals surface area contributed by atoms with E-state index in [9.17, 15) is 4.79 Å². The Kier molecular flexibility index (Phi) is 4.74. The Morgan fingerprint density at radius 3 is 2.57 bits per heavy atom. The molecule has 4 N–H and O–H groups in total. The number of para-hydroxylation sites is 1. The van der Waals surface area contributed by atoms with Gasteiger partial charge in [0.25, 0.3) is 0 Å². The average Bonchev–Trinajstić information content (AvgIpc) is 2.85. The van der Waals surface area contributed by atoms with Crippen molar-refractivity contribution in [2.24, 2.45) is 0 Å². The third kappa shape index (κ3) is 3.91. The fraction of sp³-hybridized carbons (Fsp3) is 0.357. The highest BCUT2D eigenvalue weighted by Gasteiger charge is 2.15. The Morgan fingerprint density at radius 2 is 1.95 bits per heavy atom. The van der Waals surface area contributed by atoms with Crippen LogP contribution in [0.25, 0.3) is 0 Å². The van der Waals surface area contributed by atoms with Gasteiger partial charge in [-0.05, 0) is 24.5 Å². The molecule has 0 aliphatic rings. The van der Waals surface area contributed by atoms with Gasteiger partial charge in [0, 0.05) is 5.69 Å². The molecule has 1 atom stereocenters. The van der Waals surface area contributed by atoms with Crippen molar-refractivity contribution < 1.29 is 4.79 Å². The van der Waals surface area contributed by atoms with Gasteiger partial charge in [0.05, 0.1) is 6.04 Å². The second kappa shape index (κ2) is 6.53. The van der Waals surface area contributed by atoms with E-state index in [2.05, 4.69) is 34.7 Å². The summed E-state index contributed by atoms with van der Waals surface area (Å²) >= 11 is 1.27. The molecule has 0 spiro atoms. The molecule has 7 heteroatoms. The van der Waals surface area contributed by atoms with E-state index < -0.39 is 0 Å². The van der Waals surface area contributed by atoms with Gasteiger partial charge < -0.3 is 16.4 Å². The summed E-state index contributed by atoms with van der Waals surface area (Å²) in [5.74, 6) is 0.335. The summed E-state index contributed by atoms with van der Waals surface area (Å²) in [7, 11) is 0. The monoisotopic (exact) mass is 305 g/mol. The third-order valence-corrected chi connectivity index (χ3v) is 3.94. The number of aromatic nitrogens is 2. The van der Waals surface area contributed by atoms with Crippen LogP contribution in [0.3, 0.4) is 0 Å². The standard InChI is InChI=1S/C14H19N5OS/c1-8(2)10-6-4-5-7-11(10)17-14(20)16-9(3)12-18-19-13(15)21-12/h4-9H,1-3H3,(H2,15,19)(H2,16,17,20)/t9-/m1/s1. The topological polar surface area (TPSA) is 92.9 Å². The molecule has 0 aliphatic carbocycles. The molecule has 0 fully saturated rings. The van der Waals surface area contributed by atoms with Crippen LogP contribution >= 0.6 is 11.3 Å². The zero-order chi connectivity index (χ0) is 15.4. The lowest BCUT2D eigenvalue weighted by Crippen LogP contribution is -2.31. The molecule has 2 amide bonds. The summed E-state index contributed by atoms with van der Waals surface area (Å²) in [4.78, 5) is 12.1. The molecule has 1 heterocycles. The van der Waals surface area contributed by atoms with Gasteiger partial charge in [-0.2, -0.15) is 0 Å². The fourth-order valence-electron chi connectivity index (χ4n) is 1.95. The lowest BCUT2D eigenvalue weighted by Gasteiger charge is -2.16. The van der Waals surface area contributed by atoms with Gasteiger partial charge in [0.1, 0.15) is 5.01 Å². The minimum Gasteiger partial charge on any atom is -0.374 e. The Morgan fingerprint density at radius 1 is 1.24 bits per heavy atom. The second-order valence-electron chi connectivity index (χ2n) is 5.04. The predicted octanol–water partition coefficient (Wildman–Crippen LogP) is 3.13. The first-order chi connectivity index (χ1) is 9.97. The molecule has 0 radical (unpaired) electrons. The summed E-state index contributed by atoms with van der Waals surface area (Å²) in [6.45, 7) is 6.02. The minimum absolute atomic E-state index is 0.244. The first kappa shape index (κ1) is 15.2. The maximum absolute atomic E-state index is 12.1. The number of nitrogens with zero attached hydrogens (tertiary/aromatic N) is 2.